The van der Waals surface area contributed by atoms with E-state index in [1.165, 1.54) is 25.1 Å². The van der Waals surface area contributed by atoms with Crippen LogP contribution in [0.2, 0.25) is 0 Å². The number of phenolic OH excluding ortho intramolecular Hbond substituents is 1. The maximum atomic E-state index is 12.5. The van der Waals surface area contributed by atoms with Gasteiger partial charge in [0.1, 0.15) is 5.75 Å². The molecule has 3 aromatic carbocycles. The molecule has 9 heteroatoms. The quantitative estimate of drug-likeness (QED) is 0.498. The van der Waals surface area contributed by atoms with Crippen LogP contribution in [0.15, 0.2) is 59.5 Å². The number of fused-ring (bicyclic) bond motifs is 1. The van der Waals surface area contributed by atoms with Gasteiger partial charge in [0, 0.05) is 29.1 Å². The zero-order chi connectivity index (χ0) is 20.5. The van der Waals surface area contributed by atoms with Crippen LogP contribution in [0.3, 0.4) is 0 Å². The first kappa shape index (κ1) is 19.3. The van der Waals surface area contributed by atoms with E-state index in [0.29, 0.717) is 16.5 Å². The van der Waals surface area contributed by atoms with Crippen LogP contribution in [0.5, 0.6) is 5.75 Å². The van der Waals surface area contributed by atoms with E-state index in [0.717, 1.165) is 12.1 Å². The summed E-state index contributed by atoms with van der Waals surface area (Å²) in [4.78, 5) is 23.5. The van der Waals surface area contributed by atoms with E-state index in [9.17, 15) is 23.1 Å². The molecule has 0 atom stereocenters. The fourth-order valence-electron chi connectivity index (χ4n) is 2.73. The molecule has 0 fully saturated rings. The van der Waals surface area contributed by atoms with Crippen LogP contribution in [0.1, 0.15) is 17.3 Å². The molecule has 2 amide bonds. The van der Waals surface area contributed by atoms with E-state index in [-0.39, 0.29) is 27.8 Å². The lowest BCUT2D eigenvalue weighted by atomic mass is 10.0. The van der Waals surface area contributed by atoms with Crippen LogP contribution in [-0.2, 0) is 14.9 Å². The summed E-state index contributed by atoms with van der Waals surface area (Å²) in [6.45, 7) is 1.37. The molecule has 28 heavy (non-hydrogen) atoms. The smallest absolute Gasteiger partial charge is 0.294 e. The lowest BCUT2D eigenvalue weighted by molar-refractivity contribution is -0.114. The number of hydrogen-bond donors (Lipinski definition) is 4. The molecule has 0 aliphatic heterocycles. The highest BCUT2D eigenvalue weighted by atomic mass is 32.2. The van der Waals surface area contributed by atoms with E-state index in [2.05, 4.69) is 10.6 Å². The monoisotopic (exact) mass is 400 g/mol. The molecule has 0 aliphatic rings. The molecule has 3 rings (SSSR count). The van der Waals surface area contributed by atoms with Crippen LogP contribution < -0.4 is 10.6 Å². The predicted octanol–water partition coefficient (Wildman–Crippen LogP) is 3.00. The highest BCUT2D eigenvalue weighted by Crippen LogP contribution is 2.33. The Balaban J connectivity index is 1.92. The summed E-state index contributed by atoms with van der Waals surface area (Å²) in [5, 5.41) is 16.7. The molecule has 0 spiro atoms. The van der Waals surface area contributed by atoms with Crippen molar-refractivity contribution < 1.29 is 27.7 Å². The molecule has 0 bridgehead atoms. The standard InChI is InChI=1S/C19H16N2O6S/c1-11(22)20-17-4-2-3-15-14(17)9-10-16(18(15)23)19(24)21-12-5-7-13(8-6-12)28(25,26)27/h2-10,23H,1H3,(H,20,22)(H,21,24)(H,25,26,27). The van der Waals surface area contributed by atoms with Crippen LogP contribution >= 0.6 is 0 Å². The van der Waals surface area contributed by atoms with Gasteiger partial charge in [-0.2, -0.15) is 8.42 Å². The number of rotatable bonds is 4. The Morgan fingerprint density at radius 1 is 0.893 bits per heavy atom. The number of benzene rings is 3. The summed E-state index contributed by atoms with van der Waals surface area (Å²) in [6, 6.07) is 12.9. The van der Waals surface area contributed by atoms with Gasteiger partial charge in [-0.3, -0.25) is 14.1 Å². The highest BCUT2D eigenvalue weighted by molar-refractivity contribution is 7.85. The number of amides is 2. The van der Waals surface area contributed by atoms with Gasteiger partial charge >= 0.3 is 0 Å². The Hall–Kier alpha value is -3.43. The second-order valence-electron chi connectivity index (χ2n) is 6.00. The zero-order valence-corrected chi connectivity index (χ0v) is 15.4. The summed E-state index contributed by atoms with van der Waals surface area (Å²) in [5.74, 6) is -1.12. The minimum atomic E-state index is -4.33. The van der Waals surface area contributed by atoms with Crippen molar-refractivity contribution in [2.75, 3.05) is 10.6 Å². The van der Waals surface area contributed by atoms with Crippen molar-refractivity contribution >= 4 is 44.1 Å². The van der Waals surface area contributed by atoms with Gasteiger partial charge in [-0.15, -0.1) is 0 Å². The van der Waals surface area contributed by atoms with E-state index < -0.39 is 16.0 Å². The topological polar surface area (TPSA) is 133 Å². The van der Waals surface area contributed by atoms with Gasteiger partial charge in [-0.05, 0) is 36.4 Å². The van der Waals surface area contributed by atoms with Crippen molar-refractivity contribution in [2.45, 2.75) is 11.8 Å². The number of nitrogens with one attached hydrogen (secondary N) is 2. The normalized spacial score (nSPS) is 11.2. The lowest BCUT2D eigenvalue weighted by Crippen LogP contribution is -2.12. The fourth-order valence-corrected chi connectivity index (χ4v) is 3.21. The summed E-state index contributed by atoms with van der Waals surface area (Å²) in [6.07, 6.45) is 0. The van der Waals surface area contributed by atoms with Crippen molar-refractivity contribution in [2.24, 2.45) is 0 Å². The van der Waals surface area contributed by atoms with Crippen molar-refractivity contribution in [1.29, 1.82) is 0 Å². The first-order valence-electron chi connectivity index (χ1n) is 8.08. The van der Waals surface area contributed by atoms with E-state index in [1.54, 1.807) is 24.3 Å². The van der Waals surface area contributed by atoms with Crippen molar-refractivity contribution in [3.05, 3.63) is 60.2 Å². The second-order valence-corrected chi connectivity index (χ2v) is 7.42. The van der Waals surface area contributed by atoms with Gasteiger partial charge in [-0.25, -0.2) is 0 Å². The molecule has 0 aromatic heterocycles. The Morgan fingerprint density at radius 2 is 1.57 bits per heavy atom. The molecule has 0 aliphatic carbocycles. The number of carbonyl (C=O) groups excluding carboxylic acids is 2. The molecule has 144 valence electrons. The van der Waals surface area contributed by atoms with E-state index >= 15 is 0 Å². The molecular formula is C19H16N2O6S. The fraction of sp³-hybridized carbons (Fsp3) is 0.0526. The van der Waals surface area contributed by atoms with Gasteiger partial charge in [0.05, 0.1) is 10.5 Å². The Labute approximate surface area is 160 Å². The molecule has 0 unspecified atom stereocenters. The molecule has 0 radical (unpaired) electrons. The third-order valence-corrected chi connectivity index (χ3v) is 4.87. The number of carbonyl (C=O) groups is 2. The third-order valence-electron chi connectivity index (χ3n) is 4.00. The molecule has 8 nitrogen and oxygen atoms in total. The van der Waals surface area contributed by atoms with Crippen molar-refractivity contribution in [1.82, 2.24) is 0 Å². The zero-order valence-electron chi connectivity index (χ0n) is 14.6. The number of anilines is 2. The number of phenols is 1. The van der Waals surface area contributed by atoms with Crippen LogP contribution in [0.4, 0.5) is 11.4 Å². The summed E-state index contributed by atoms with van der Waals surface area (Å²) in [7, 11) is -4.33. The van der Waals surface area contributed by atoms with E-state index in [4.69, 9.17) is 4.55 Å². The van der Waals surface area contributed by atoms with Gasteiger partial charge in [0.2, 0.25) is 5.91 Å². The molecule has 3 aromatic rings. The molecule has 4 N–H and O–H groups in total. The maximum absolute atomic E-state index is 12.5. The lowest BCUT2D eigenvalue weighted by Gasteiger charge is -2.12. The minimum absolute atomic E-state index is 0.00586. The first-order valence-corrected chi connectivity index (χ1v) is 9.52. The van der Waals surface area contributed by atoms with Crippen LogP contribution in [-0.4, -0.2) is 29.9 Å². The average Bonchev–Trinajstić information content (AvgIpc) is 2.62. The Bertz CT molecular complexity index is 1190. The van der Waals surface area contributed by atoms with Gasteiger partial charge in [-0.1, -0.05) is 18.2 Å². The summed E-state index contributed by atoms with van der Waals surface area (Å²) < 4.78 is 31.1. The minimum Gasteiger partial charge on any atom is -0.506 e. The molecular weight excluding hydrogens is 384 g/mol. The number of hydrogen-bond acceptors (Lipinski definition) is 5. The SMILES string of the molecule is CC(=O)Nc1cccc2c(O)c(C(=O)Nc3ccc(S(=O)(=O)O)cc3)ccc12. The molecule has 0 saturated heterocycles. The highest BCUT2D eigenvalue weighted by Gasteiger charge is 2.16. The van der Waals surface area contributed by atoms with Crippen LogP contribution in [0.25, 0.3) is 10.8 Å². The predicted molar refractivity (Wildman–Crippen MR) is 104 cm³/mol. The van der Waals surface area contributed by atoms with Gasteiger partial charge in [0.25, 0.3) is 16.0 Å². The van der Waals surface area contributed by atoms with Gasteiger partial charge in [0.15, 0.2) is 0 Å². The van der Waals surface area contributed by atoms with Crippen molar-refractivity contribution in [3.63, 3.8) is 0 Å². The Kier molecular flexibility index (Phi) is 5.04. The second kappa shape index (κ2) is 7.29. The van der Waals surface area contributed by atoms with Gasteiger partial charge < -0.3 is 15.7 Å². The van der Waals surface area contributed by atoms with Crippen molar-refractivity contribution in [3.8, 4) is 5.75 Å². The summed E-state index contributed by atoms with van der Waals surface area (Å²) >= 11 is 0. The average molecular weight is 400 g/mol. The third kappa shape index (κ3) is 3.95. The summed E-state index contributed by atoms with van der Waals surface area (Å²) in [5.41, 5.74) is 0.795. The number of aromatic hydroxyl groups is 1. The van der Waals surface area contributed by atoms with E-state index in [1.807, 2.05) is 0 Å². The molecule has 0 heterocycles. The molecule has 0 saturated carbocycles. The first-order chi connectivity index (χ1) is 13.2. The largest absolute Gasteiger partial charge is 0.506 e. The van der Waals surface area contributed by atoms with Crippen LogP contribution in [0, 0.1) is 0 Å². The maximum Gasteiger partial charge on any atom is 0.294 e. The Morgan fingerprint density at radius 3 is 2.18 bits per heavy atom.